The molecule has 0 amide bonds. The highest BCUT2D eigenvalue weighted by molar-refractivity contribution is 6.35. The number of hydrogen-bond donors (Lipinski definition) is 0. The third-order valence-corrected chi connectivity index (χ3v) is 5.50. The van der Waals surface area contributed by atoms with Crippen LogP contribution in [0, 0.1) is 0 Å². The van der Waals surface area contributed by atoms with Crippen molar-refractivity contribution in [2.24, 2.45) is 0 Å². The number of benzene rings is 3. The number of carbonyl (C=O) groups is 1. The average molecular weight is 457 g/mol. The molecule has 0 bridgehead atoms. The fraction of sp³-hybridized carbons (Fsp3) is 0.125. The first-order valence-electron chi connectivity index (χ1n) is 9.36. The molecule has 0 saturated heterocycles. The highest BCUT2D eigenvalue weighted by Crippen LogP contribution is 2.36. The molecule has 0 N–H and O–H groups in total. The van der Waals surface area contributed by atoms with Gasteiger partial charge in [-0.15, -0.1) is 0 Å². The van der Waals surface area contributed by atoms with Crippen molar-refractivity contribution >= 4 is 35.1 Å². The lowest BCUT2D eigenvalue weighted by Gasteiger charge is -2.10. The van der Waals surface area contributed by atoms with Gasteiger partial charge in [-0.1, -0.05) is 35.3 Å². The van der Waals surface area contributed by atoms with Gasteiger partial charge in [-0.05, 0) is 48.0 Å². The van der Waals surface area contributed by atoms with Crippen LogP contribution in [0.1, 0.15) is 21.5 Å². The average Bonchev–Trinajstić information content (AvgIpc) is 3.07. The number of carbonyl (C=O) groups excluding carboxylic acids is 1. The molecule has 3 aromatic carbocycles. The smallest absolute Gasteiger partial charge is 0.231 e. The van der Waals surface area contributed by atoms with E-state index in [0.717, 1.165) is 5.56 Å². The summed E-state index contributed by atoms with van der Waals surface area (Å²) in [4.78, 5) is 12.7. The van der Waals surface area contributed by atoms with Gasteiger partial charge in [0.15, 0.2) is 17.3 Å². The fourth-order valence-corrected chi connectivity index (χ4v) is 3.68. The molecule has 3 aromatic rings. The lowest BCUT2D eigenvalue weighted by Crippen LogP contribution is -1.98. The Bertz CT molecular complexity index is 1170. The van der Waals surface area contributed by atoms with Crippen molar-refractivity contribution in [3.63, 3.8) is 0 Å². The normalized spacial score (nSPS) is 13.7. The third kappa shape index (κ3) is 4.33. The first-order chi connectivity index (χ1) is 15.0. The van der Waals surface area contributed by atoms with E-state index in [2.05, 4.69) is 0 Å². The van der Waals surface area contributed by atoms with Crippen molar-refractivity contribution in [2.75, 3.05) is 14.2 Å². The van der Waals surface area contributed by atoms with Crippen LogP contribution < -0.4 is 18.9 Å². The Balaban J connectivity index is 1.54. The van der Waals surface area contributed by atoms with Crippen LogP contribution in [0.5, 0.6) is 23.0 Å². The number of Topliss-reactive ketones (excluding diaryl/α,β-unsaturated/α-hetero) is 1. The number of allylic oxidation sites excluding steroid dienone is 1. The summed E-state index contributed by atoms with van der Waals surface area (Å²) in [6, 6.07) is 15.7. The molecule has 0 radical (unpaired) electrons. The van der Waals surface area contributed by atoms with Crippen molar-refractivity contribution < 1.29 is 23.7 Å². The van der Waals surface area contributed by atoms with E-state index in [4.69, 9.17) is 42.1 Å². The number of rotatable bonds is 6. The molecular weight excluding hydrogens is 439 g/mol. The molecule has 0 atom stereocenters. The number of methoxy groups -OCH3 is 2. The van der Waals surface area contributed by atoms with E-state index < -0.39 is 0 Å². The second-order valence-corrected chi connectivity index (χ2v) is 7.52. The second-order valence-electron chi connectivity index (χ2n) is 6.70. The van der Waals surface area contributed by atoms with Crippen LogP contribution in [-0.4, -0.2) is 20.0 Å². The zero-order valence-electron chi connectivity index (χ0n) is 16.8. The van der Waals surface area contributed by atoms with Gasteiger partial charge < -0.3 is 18.9 Å². The molecule has 5 nitrogen and oxygen atoms in total. The molecule has 0 spiro atoms. The van der Waals surface area contributed by atoms with Crippen LogP contribution in [0.25, 0.3) is 6.08 Å². The van der Waals surface area contributed by atoms with E-state index in [9.17, 15) is 4.79 Å². The van der Waals surface area contributed by atoms with Crippen molar-refractivity contribution in [1.82, 2.24) is 0 Å². The summed E-state index contributed by atoms with van der Waals surface area (Å²) in [6.45, 7) is 0.194. The fourth-order valence-electron chi connectivity index (χ4n) is 3.18. The van der Waals surface area contributed by atoms with Gasteiger partial charge in [0.05, 0.1) is 19.8 Å². The Morgan fingerprint density at radius 1 is 0.935 bits per heavy atom. The predicted octanol–water partition coefficient (Wildman–Crippen LogP) is 6.21. The maximum atomic E-state index is 12.7. The highest BCUT2D eigenvalue weighted by atomic mass is 35.5. The van der Waals surface area contributed by atoms with Crippen LogP contribution >= 0.6 is 23.2 Å². The largest absolute Gasteiger partial charge is 0.493 e. The minimum absolute atomic E-state index is 0.194. The van der Waals surface area contributed by atoms with Gasteiger partial charge >= 0.3 is 0 Å². The number of ketones is 1. The Hall–Kier alpha value is -3.15. The predicted molar refractivity (Wildman–Crippen MR) is 120 cm³/mol. The van der Waals surface area contributed by atoms with Gasteiger partial charge in [-0.3, -0.25) is 4.79 Å². The summed E-state index contributed by atoms with van der Waals surface area (Å²) in [5.41, 5.74) is 1.91. The quantitative estimate of drug-likeness (QED) is 0.412. The molecule has 0 unspecified atom stereocenters. The zero-order chi connectivity index (χ0) is 22.0. The van der Waals surface area contributed by atoms with Crippen molar-refractivity contribution in [2.45, 2.75) is 6.61 Å². The topological polar surface area (TPSA) is 54.0 Å². The maximum Gasteiger partial charge on any atom is 0.231 e. The number of ether oxygens (including phenoxy) is 4. The molecular formula is C24H18Cl2O5. The van der Waals surface area contributed by atoms with Crippen LogP contribution in [0.4, 0.5) is 0 Å². The first kappa shape index (κ1) is 21.1. The van der Waals surface area contributed by atoms with Crippen molar-refractivity contribution in [3.05, 3.63) is 87.1 Å². The molecule has 1 heterocycles. The Morgan fingerprint density at radius 2 is 1.68 bits per heavy atom. The molecule has 158 valence electrons. The molecule has 0 aliphatic carbocycles. The minimum atomic E-state index is -0.203. The SMILES string of the molecule is COc1ccc(/C=C2\Oc3cc(OCc4c(Cl)cccc4Cl)ccc3C2=O)cc1OC. The lowest BCUT2D eigenvalue weighted by molar-refractivity contribution is 0.101. The van der Waals surface area contributed by atoms with Gasteiger partial charge in [0.2, 0.25) is 5.78 Å². The maximum absolute atomic E-state index is 12.7. The van der Waals surface area contributed by atoms with Gasteiger partial charge in [-0.2, -0.15) is 0 Å². The van der Waals surface area contributed by atoms with Crippen LogP contribution in [-0.2, 0) is 6.61 Å². The number of halogens is 2. The van der Waals surface area contributed by atoms with E-state index in [1.807, 2.05) is 6.07 Å². The Kier molecular flexibility index (Phi) is 6.07. The van der Waals surface area contributed by atoms with Crippen LogP contribution in [0.3, 0.4) is 0 Å². The lowest BCUT2D eigenvalue weighted by atomic mass is 10.1. The van der Waals surface area contributed by atoms with Crippen LogP contribution in [0.15, 0.2) is 60.4 Å². The van der Waals surface area contributed by atoms with Crippen LogP contribution in [0.2, 0.25) is 10.0 Å². The zero-order valence-corrected chi connectivity index (χ0v) is 18.3. The van der Waals surface area contributed by atoms with E-state index in [1.54, 1.807) is 68.8 Å². The summed E-state index contributed by atoms with van der Waals surface area (Å²) >= 11 is 12.4. The van der Waals surface area contributed by atoms with Crippen molar-refractivity contribution in [3.8, 4) is 23.0 Å². The standard InChI is InChI=1S/C24H18Cl2O5/c1-28-20-9-6-14(10-22(20)29-2)11-23-24(27)16-8-7-15(12-21(16)31-23)30-13-17-18(25)4-3-5-19(17)26/h3-12H,13H2,1-2H3/b23-11-. The summed E-state index contributed by atoms with van der Waals surface area (Å²) in [6.07, 6.45) is 1.66. The third-order valence-electron chi connectivity index (χ3n) is 4.79. The van der Waals surface area contributed by atoms with Gasteiger partial charge in [0.25, 0.3) is 0 Å². The number of hydrogen-bond acceptors (Lipinski definition) is 5. The van der Waals surface area contributed by atoms with Crippen molar-refractivity contribution in [1.29, 1.82) is 0 Å². The van der Waals surface area contributed by atoms with Gasteiger partial charge in [0.1, 0.15) is 18.1 Å². The molecule has 0 aromatic heterocycles. The number of fused-ring (bicyclic) bond motifs is 1. The molecule has 1 aliphatic heterocycles. The van der Waals surface area contributed by atoms with Gasteiger partial charge in [0, 0.05) is 21.7 Å². The van der Waals surface area contributed by atoms with E-state index in [-0.39, 0.29) is 18.1 Å². The monoisotopic (exact) mass is 456 g/mol. The molecule has 4 rings (SSSR count). The Labute approximate surface area is 189 Å². The molecule has 31 heavy (non-hydrogen) atoms. The summed E-state index contributed by atoms with van der Waals surface area (Å²) in [5.74, 6) is 2.15. The van der Waals surface area contributed by atoms with E-state index in [0.29, 0.717) is 44.2 Å². The summed E-state index contributed by atoms with van der Waals surface area (Å²) in [5, 5.41) is 1.06. The van der Waals surface area contributed by atoms with E-state index in [1.165, 1.54) is 0 Å². The second kappa shape index (κ2) is 8.92. The highest BCUT2D eigenvalue weighted by Gasteiger charge is 2.28. The molecule has 0 fully saturated rings. The minimum Gasteiger partial charge on any atom is -0.493 e. The molecule has 1 aliphatic rings. The van der Waals surface area contributed by atoms with E-state index >= 15 is 0 Å². The first-order valence-corrected chi connectivity index (χ1v) is 10.1. The summed E-state index contributed by atoms with van der Waals surface area (Å²) < 4.78 is 22.2. The molecule has 7 heteroatoms. The Morgan fingerprint density at radius 3 is 2.39 bits per heavy atom. The summed E-state index contributed by atoms with van der Waals surface area (Å²) in [7, 11) is 3.12. The molecule has 0 saturated carbocycles. The van der Waals surface area contributed by atoms with Gasteiger partial charge in [-0.25, -0.2) is 0 Å².